The van der Waals surface area contributed by atoms with Crippen molar-refractivity contribution in [3.8, 4) is 0 Å². The Hall–Kier alpha value is 0.420. The summed E-state index contributed by atoms with van der Waals surface area (Å²) in [5.41, 5.74) is 0. The normalized spacial score (nSPS) is 12.6. The summed E-state index contributed by atoms with van der Waals surface area (Å²) in [6.45, 7) is -0.909. The number of carbonyl (C=O) groups is 2. The van der Waals surface area contributed by atoms with E-state index in [0.717, 1.165) is 12.2 Å². The van der Waals surface area contributed by atoms with Gasteiger partial charge < -0.3 is 9.47 Å². The number of carbonyl (C=O) groups excluding carboxylic acids is 2. The Morgan fingerprint density at radius 2 is 1.06 bits per heavy atom. The first-order chi connectivity index (χ1) is 7.99. The topological polar surface area (TPSA) is 52.6 Å². The lowest BCUT2D eigenvalue weighted by Gasteiger charge is -2.10. The van der Waals surface area contributed by atoms with Crippen LogP contribution in [-0.4, -0.2) is 32.7 Å². The lowest BCUT2D eigenvalue weighted by molar-refractivity contribution is -0.140. The Labute approximate surface area is 133 Å². The molecule has 0 amide bonds. The highest BCUT2D eigenvalue weighted by Crippen LogP contribution is 2.26. The van der Waals surface area contributed by atoms with Crippen LogP contribution in [-0.2, 0) is 19.1 Å². The number of halogens is 6. The lowest BCUT2D eigenvalue weighted by Crippen LogP contribution is -2.17. The standard InChI is InChI=1S/C8H6Cl6O4/c9-7(10,11)3-17-5(15)1-2-6(16)18-4-8(12,13)14/h1-2H,3-4H2/b2-1+. The Morgan fingerprint density at radius 1 is 0.778 bits per heavy atom. The lowest BCUT2D eigenvalue weighted by atomic mass is 10.5. The first-order valence-electron chi connectivity index (χ1n) is 4.15. The molecule has 0 aliphatic rings. The molecule has 10 heteroatoms. The maximum Gasteiger partial charge on any atom is 0.331 e. The molecule has 18 heavy (non-hydrogen) atoms. The fraction of sp³-hybridized carbons (Fsp3) is 0.500. The largest absolute Gasteiger partial charge is 0.458 e. The average molecular weight is 379 g/mol. The van der Waals surface area contributed by atoms with Crippen molar-refractivity contribution >= 4 is 81.5 Å². The highest BCUT2D eigenvalue weighted by molar-refractivity contribution is 6.68. The molecule has 0 N–H and O–H groups in total. The van der Waals surface area contributed by atoms with Gasteiger partial charge in [0.15, 0.2) is 0 Å². The molecule has 0 aromatic rings. The quantitative estimate of drug-likeness (QED) is 0.427. The van der Waals surface area contributed by atoms with E-state index in [-0.39, 0.29) is 0 Å². The molecule has 0 fully saturated rings. The molecule has 0 radical (unpaired) electrons. The summed E-state index contributed by atoms with van der Waals surface area (Å²) >= 11 is 32.0. The third-order valence-electron chi connectivity index (χ3n) is 1.11. The van der Waals surface area contributed by atoms with Crippen molar-refractivity contribution in [3.05, 3.63) is 12.2 Å². The van der Waals surface area contributed by atoms with Gasteiger partial charge in [-0.3, -0.25) is 0 Å². The molecule has 0 bridgehead atoms. The SMILES string of the molecule is O=C(/C=C/C(=O)OCC(Cl)(Cl)Cl)OCC(Cl)(Cl)Cl. The minimum atomic E-state index is -1.72. The monoisotopic (exact) mass is 376 g/mol. The molecule has 0 rings (SSSR count). The molecule has 0 saturated heterocycles. The fourth-order valence-electron chi connectivity index (χ4n) is 0.538. The molecule has 0 spiro atoms. The Bertz CT molecular complexity index is 297. The van der Waals surface area contributed by atoms with E-state index in [2.05, 4.69) is 9.47 Å². The van der Waals surface area contributed by atoms with Gasteiger partial charge >= 0.3 is 11.9 Å². The molecular formula is C8H6Cl6O4. The van der Waals surface area contributed by atoms with Crippen LogP contribution in [0.2, 0.25) is 0 Å². The zero-order chi connectivity index (χ0) is 14.4. The van der Waals surface area contributed by atoms with E-state index in [1.54, 1.807) is 0 Å². The van der Waals surface area contributed by atoms with Crippen LogP contribution in [0.1, 0.15) is 0 Å². The molecule has 4 nitrogen and oxygen atoms in total. The summed E-state index contributed by atoms with van der Waals surface area (Å²) in [7, 11) is 0. The van der Waals surface area contributed by atoms with E-state index >= 15 is 0 Å². The Balaban J connectivity index is 4.00. The molecule has 0 heterocycles. The second kappa shape index (κ2) is 7.88. The van der Waals surface area contributed by atoms with E-state index in [9.17, 15) is 9.59 Å². The van der Waals surface area contributed by atoms with Crippen LogP contribution in [0.5, 0.6) is 0 Å². The summed E-state index contributed by atoms with van der Waals surface area (Å²) in [4.78, 5) is 22.0. The summed E-state index contributed by atoms with van der Waals surface area (Å²) in [5, 5.41) is 0. The Morgan fingerprint density at radius 3 is 1.28 bits per heavy atom. The van der Waals surface area contributed by atoms with E-state index in [0.29, 0.717) is 0 Å². The predicted molar refractivity (Wildman–Crippen MR) is 71.6 cm³/mol. The molecule has 0 aliphatic heterocycles. The Kier molecular flexibility index (Phi) is 8.06. The molecule has 104 valence electrons. The number of esters is 2. The number of ether oxygens (including phenoxy) is 2. The van der Waals surface area contributed by atoms with Crippen LogP contribution in [0.25, 0.3) is 0 Å². The summed E-state index contributed by atoms with van der Waals surface area (Å²) < 4.78 is 5.54. The zero-order valence-corrected chi connectivity index (χ0v) is 13.0. The minimum absolute atomic E-state index is 0.454. The third-order valence-corrected chi connectivity index (χ3v) is 1.77. The first kappa shape index (κ1) is 18.4. The molecule has 0 saturated carbocycles. The van der Waals surface area contributed by atoms with Crippen molar-refractivity contribution < 1.29 is 19.1 Å². The minimum Gasteiger partial charge on any atom is -0.458 e. The van der Waals surface area contributed by atoms with Gasteiger partial charge in [-0.1, -0.05) is 69.6 Å². The van der Waals surface area contributed by atoms with E-state index in [1.807, 2.05) is 0 Å². The predicted octanol–water partition coefficient (Wildman–Crippen LogP) is 3.37. The molecule has 0 aliphatic carbocycles. The second-order valence-corrected chi connectivity index (χ2v) is 7.81. The van der Waals surface area contributed by atoms with Gasteiger partial charge in [-0.25, -0.2) is 9.59 Å². The van der Waals surface area contributed by atoms with Crippen LogP contribution in [0.15, 0.2) is 12.2 Å². The van der Waals surface area contributed by atoms with Gasteiger partial charge in [-0.15, -0.1) is 0 Å². The van der Waals surface area contributed by atoms with Gasteiger partial charge in [0.2, 0.25) is 7.59 Å². The maximum absolute atomic E-state index is 11.0. The summed E-state index contributed by atoms with van der Waals surface area (Å²) in [6, 6.07) is 0. The van der Waals surface area contributed by atoms with Crippen molar-refractivity contribution in [1.29, 1.82) is 0 Å². The van der Waals surface area contributed by atoms with Gasteiger partial charge in [0.25, 0.3) is 0 Å². The van der Waals surface area contributed by atoms with Crippen LogP contribution in [0, 0.1) is 0 Å². The smallest absolute Gasteiger partial charge is 0.331 e. The third kappa shape index (κ3) is 12.9. The average Bonchev–Trinajstić information content (AvgIpc) is 2.18. The van der Waals surface area contributed by atoms with Crippen molar-refractivity contribution in [2.24, 2.45) is 0 Å². The van der Waals surface area contributed by atoms with E-state index in [1.165, 1.54) is 0 Å². The van der Waals surface area contributed by atoms with Crippen LogP contribution in [0.4, 0.5) is 0 Å². The highest BCUT2D eigenvalue weighted by atomic mass is 35.6. The fourth-order valence-corrected chi connectivity index (χ4v) is 0.866. The van der Waals surface area contributed by atoms with Crippen molar-refractivity contribution in [2.75, 3.05) is 13.2 Å². The molecule has 0 aromatic heterocycles. The highest BCUT2D eigenvalue weighted by Gasteiger charge is 2.22. The van der Waals surface area contributed by atoms with Crippen molar-refractivity contribution in [1.82, 2.24) is 0 Å². The van der Waals surface area contributed by atoms with Crippen LogP contribution < -0.4 is 0 Å². The van der Waals surface area contributed by atoms with Crippen LogP contribution in [0.3, 0.4) is 0 Å². The maximum atomic E-state index is 11.0. The second-order valence-electron chi connectivity index (χ2n) is 2.78. The first-order valence-corrected chi connectivity index (χ1v) is 6.41. The van der Waals surface area contributed by atoms with Gasteiger partial charge in [0.05, 0.1) is 0 Å². The van der Waals surface area contributed by atoms with Crippen molar-refractivity contribution in [2.45, 2.75) is 7.59 Å². The zero-order valence-electron chi connectivity index (χ0n) is 8.47. The number of hydrogen-bond acceptors (Lipinski definition) is 4. The van der Waals surface area contributed by atoms with E-state index in [4.69, 9.17) is 69.6 Å². The number of rotatable bonds is 4. The molecule has 0 atom stereocenters. The van der Waals surface area contributed by atoms with Crippen LogP contribution >= 0.6 is 69.6 Å². The van der Waals surface area contributed by atoms with Gasteiger partial charge in [-0.05, 0) is 0 Å². The van der Waals surface area contributed by atoms with E-state index < -0.39 is 32.7 Å². The van der Waals surface area contributed by atoms with Gasteiger partial charge in [0.1, 0.15) is 13.2 Å². The van der Waals surface area contributed by atoms with Crippen molar-refractivity contribution in [3.63, 3.8) is 0 Å². The summed E-state index contributed by atoms with van der Waals surface area (Å²) in [5.74, 6) is -1.76. The van der Waals surface area contributed by atoms with Gasteiger partial charge in [-0.2, -0.15) is 0 Å². The molecule has 0 aromatic carbocycles. The number of hydrogen-bond donors (Lipinski definition) is 0. The number of alkyl halides is 6. The molecule has 0 unspecified atom stereocenters. The van der Waals surface area contributed by atoms with Gasteiger partial charge in [0, 0.05) is 12.2 Å². The summed E-state index contributed by atoms with van der Waals surface area (Å²) in [6.07, 6.45) is 1.58. The molecular weight excluding hydrogens is 373 g/mol.